The summed E-state index contributed by atoms with van der Waals surface area (Å²) < 4.78 is 1.98. The number of aryl methyl sites for hydroxylation is 1. The molecule has 6 nitrogen and oxygen atoms in total. The SMILES string of the molecule is Cc1nn(C(C)C)c(C)c1NC(=O)N1C2CC[C@@H]1CN(C)CC2. The molecular formula is C17H29N5O. The van der Waals surface area contributed by atoms with E-state index < -0.39 is 0 Å². The maximum absolute atomic E-state index is 12.9. The quantitative estimate of drug-likeness (QED) is 0.912. The smallest absolute Gasteiger partial charge is 0.317 e. The minimum absolute atomic E-state index is 0.0438. The fourth-order valence-electron chi connectivity index (χ4n) is 4.09. The number of carbonyl (C=O) groups excluding carboxylic acids is 1. The second-order valence-corrected chi connectivity index (χ2v) is 7.36. The van der Waals surface area contributed by atoms with Crippen molar-refractivity contribution in [3.05, 3.63) is 11.4 Å². The highest BCUT2D eigenvalue weighted by Crippen LogP contribution is 2.31. The molecule has 0 aromatic carbocycles. The molecule has 2 aliphatic heterocycles. The van der Waals surface area contributed by atoms with Crippen LogP contribution in [0, 0.1) is 13.8 Å². The lowest BCUT2D eigenvalue weighted by Crippen LogP contribution is -2.45. The van der Waals surface area contributed by atoms with Crippen molar-refractivity contribution in [2.45, 2.75) is 65.1 Å². The summed E-state index contributed by atoms with van der Waals surface area (Å²) in [4.78, 5) is 17.4. The highest BCUT2D eigenvalue weighted by Gasteiger charge is 2.39. The molecule has 1 N–H and O–H groups in total. The molecule has 0 saturated carbocycles. The fourth-order valence-corrected chi connectivity index (χ4v) is 4.09. The van der Waals surface area contributed by atoms with Crippen molar-refractivity contribution in [2.75, 3.05) is 25.5 Å². The average Bonchev–Trinajstić information content (AvgIpc) is 2.93. The van der Waals surface area contributed by atoms with Crippen LogP contribution in [0.25, 0.3) is 0 Å². The van der Waals surface area contributed by atoms with Gasteiger partial charge < -0.3 is 15.1 Å². The highest BCUT2D eigenvalue weighted by atomic mass is 16.2. The van der Waals surface area contributed by atoms with Crippen molar-refractivity contribution >= 4 is 11.7 Å². The lowest BCUT2D eigenvalue weighted by atomic mass is 10.1. The third-order valence-corrected chi connectivity index (χ3v) is 5.27. The van der Waals surface area contributed by atoms with Crippen molar-refractivity contribution < 1.29 is 4.79 Å². The molecule has 6 heteroatoms. The van der Waals surface area contributed by atoms with Crippen LogP contribution >= 0.6 is 0 Å². The van der Waals surface area contributed by atoms with E-state index in [9.17, 15) is 4.79 Å². The van der Waals surface area contributed by atoms with E-state index in [-0.39, 0.29) is 6.03 Å². The maximum Gasteiger partial charge on any atom is 0.322 e. The maximum atomic E-state index is 12.9. The van der Waals surface area contributed by atoms with Gasteiger partial charge in [0.15, 0.2) is 0 Å². The first-order chi connectivity index (χ1) is 10.9. The Bertz CT molecular complexity index is 594. The number of rotatable bonds is 2. The van der Waals surface area contributed by atoms with Gasteiger partial charge in [-0.15, -0.1) is 0 Å². The zero-order valence-electron chi connectivity index (χ0n) is 15.0. The van der Waals surface area contributed by atoms with Gasteiger partial charge in [-0.3, -0.25) is 4.68 Å². The van der Waals surface area contributed by atoms with Gasteiger partial charge in [0, 0.05) is 24.7 Å². The lowest BCUT2D eigenvalue weighted by molar-refractivity contribution is 0.186. The Kier molecular flexibility index (Phi) is 4.36. The summed E-state index contributed by atoms with van der Waals surface area (Å²) in [5.74, 6) is 0. The summed E-state index contributed by atoms with van der Waals surface area (Å²) in [6.07, 6.45) is 3.32. The van der Waals surface area contributed by atoms with E-state index in [0.29, 0.717) is 18.1 Å². The summed E-state index contributed by atoms with van der Waals surface area (Å²) in [7, 11) is 2.15. The van der Waals surface area contributed by atoms with Gasteiger partial charge >= 0.3 is 6.03 Å². The van der Waals surface area contributed by atoms with Gasteiger partial charge in [-0.1, -0.05) is 0 Å². The summed E-state index contributed by atoms with van der Waals surface area (Å²) in [6.45, 7) is 10.3. The number of fused-ring (bicyclic) bond motifs is 2. The molecule has 2 saturated heterocycles. The summed E-state index contributed by atoms with van der Waals surface area (Å²) in [5, 5.41) is 7.72. The Hall–Kier alpha value is -1.56. The second kappa shape index (κ2) is 6.15. The Labute approximate surface area is 138 Å². The van der Waals surface area contributed by atoms with Gasteiger partial charge in [0.25, 0.3) is 0 Å². The van der Waals surface area contributed by atoms with Crippen LogP contribution in [-0.4, -0.2) is 57.8 Å². The molecule has 1 unspecified atom stereocenters. The van der Waals surface area contributed by atoms with E-state index in [0.717, 1.165) is 49.4 Å². The van der Waals surface area contributed by atoms with E-state index >= 15 is 0 Å². The number of carbonyl (C=O) groups is 1. The van der Waals surface area contributed by atoms with E-state index in [4.69, 9.17) is 0 Å². The summed E-state index contributed by atoms with van der Waals surface area (Å²) in [5.41, 5.74) is 2.80. The number of hydrogen-bond donors (Lipinski definition) is 1. The molecule has 0 spiro atoms. The molecule has 3 heterocycles. The molecule has 2 atom stereocenters. The van der Waals surface area contributed by atoms with Crippen LogP contribution < -0.4 is 5.32 Å². The van der Waals surface area contributed by atoms with Gasteiger partial charge in [-0.05, 0) is 60.5 Å². The van der Waals surface area contributed by atoms with Crippen molar-refractivity contribution in [3.8, 4) is 0 Å². The Morgan fingerprint density at radius 2 is 1.91 bits per heavy atom. The Balaban J connectivity index is 1.80. The van der Waals surface area contributed by atoms with Crippen molar-refractivity contribution in [1.82, 2.24) is 19.6 Å². The largest absolute Gasteiger partial charge is 0.322 e. The average molecular weight is 319 g/mol. The summed E-state index contributed by atoms with van der Waals surface area (Å²) >= 11 is 0. The van der Waals surface area contributed by atoms with Crippen LogP contribution in [0.15, 0.2) is 0 Å². The van der Waals surface area contributed by atoms with Crippen molar-refractivity contribution in [3.63, 3.8) is 0 Å². The minimum Gasteiger partial charge on any atom is -0.317 e. The molecule has 128 valence electrons. The number of likely N-dealkylation sites (tertiary alicyclic amines) is 1. The Morgan fingerprint density at radius 3 is 2.57 bits per heavy atom. The monoisotopic (exact) mass is 319 g/mol. The van der Waals surface area contributed by atoms with Gasteiger partial charge in [-0.25, -0.2) is 4.79 Å². The predicted molar refractivity (Wildman–Crippen MR) is 91.9 cm³/mol. The van der Waals surface area contributed by atoms with Gasteiger partial charge in [0.1, 0.15) is 0 Å². The molecule has 0 radical (unpaired) electrons. The van der Waals surface area contributed by atoms with Crippen LogP contribution in [0.1, 0.15) is 50.5 Å². The molecule has 2 amide bonds. The molecule has 23 heavy (non-hydrogen) atoms. The number of amides is 2. The molecule has 1 aromatic heterocycles. The van der Waals surface area contributed by atoms with Crippen molar-refractivity contribution in [1.29, 1.82) is 0 Å². The molecule has 0 aliphatic carbocycles. The van der Waals surface area contributed by atoms with Crippen LogP contribution in [0.5, 0.6) is 0 Å². The van der Waals surface area contributed by atoms with Gasteiger partial charge in [0.2, 0.25) is 0 Å². The highest BCUT2D eigenvalue weighted by molar-refractivity contribution is 5.91. The number of hydrogen-bond acceptors (Lipinski definition) is 3. The van der Waals surface area contributed by atoms with Crippen molar-refractivity contribution in [2.24, 2.45) is 0 Å². The van der Waals surface area contributed by atoms with Crippen LogP contribution in [0.3, 0.4) is 0 Å². The third-order valence-electron chi connectivity index (χ3n) is 5.27. The first kappa shape index (κ1) is 16.3. The third kappa shape index (κ3) is 2.96. The number of nitrogens with one attached hydrogen (secondary N) is 1. The second-order valence-electron chi connectivity index (χ2n) is 7.36. The van der Waals surface area contributed by atoms with E-state index in [2.05, 4.69) is 41.1 Å². The molecule has 3 rings (SSSR count). The van der Waals surface area contributed by atoms with Crippen LogP contribution in [-0.2, 0) is 0 Å². The number of urea groups is 1. The van der Waals surface area contributed by atoms with E-state index in [1.165, 1.54) is 0 Å². The van der Waals surface area contributed by atoms with Crippen LogP contribution in [0.2, 0.25) is 0 Å². The first-order valence-electron chi connectivity index (χ1n) is 8.72. The van der Waals surface area contributed by atoms with E-state index in [1.807, 2.05) is 18.5 Å². The van der Waals surface area contributed by atoms with Gasteiger partial charge in [-0.2, -0.15) is 5.10 Å². The minimum atomic E-state index is 0.0438. The number of anilines is 1. The standard InChI is InChI=1S/C17H29N5O/c1-11(2)22-13(4)16(12(3)19-22)18-17(23)21-14-6-7-15(21)10-20(5)9-8-14/h11,14-15H,6-10H2,1-5H3,(H,18,23)/t14?,15-/m1/s1. The lowest BCUT2D eigenvalue weighted by Gasteiger charge is -2.28. The first-order valence-corrected chi connectivity index (χ1v) is 8.72. The molecule has 2 bridgehead atoms. The molecular weight excluding hydrogens is 290 g/mol. The van der Waals surface area contributed by atoms with E-state index in [1.54, 1.807) is 0 Å². The topological polar surface area (TPSA) is 53.4 Å². The number of aromatic nitrogens is 2. The number of likely N-dealkylation sites (N-methyl/N-ethyl adjacent to an activating group) is 1. The fraction of sp³-hybridized carbons (Fsp3) is 0.765. The summed E-state index contributed by atoms with van der Waals surface area (Å²) in [6, 6.07) is 1.06. The molecule has 1 aromatic rings. The normalized spacial score (nSPS) is 25.0. The zero-order chi connectivity index (χ0) is 16.7. The zero-order valence-corrected chi connectivity index (χ0v) is 15.0. The number of nitrogens with zero attached hydrogens (tertiary/aromatic N) is 4. The Morgan fingerprint density at radius 1 is 1.22 bits per heavy atom. The molecule has 2 aliphatic rings. The predicted octanol–water partition coefficient (Wildman–Crippen LogP) is 2.78. The molecule has 2 fully saturated rings. The van der Waals surface area contributed by atoms with Gasteiger partial charge in [0.05, 0.1) is 17.1 Å². The van der Waals surface area contributed by atoms with Crippen LogP contribution in [0.4, 0.5) is 10.5 Å².